The molecule has 0 radical (unpaired) electrons. The number of halogens is 2. The van der Waals surface area contributed by atoms with E-state index in [-0.39, 0.29) is 28.1 Å². The summed E-state index contributed by atoms with van der Waals surface area (Å²) in [6.45, 7) is 6.26. The van der Waals surface area contributed by atoms with Crippen molar-refractivity contribution in [3.63, 3.8) is 0 Å². The van der Waals surface area contributed by atoms with E-state index in [1.165, 1.54) is 18.2 Å². The van der Waals surface area contributed by atoms with Gasteiger partial charge in [0.05, 0.1) is 22.4 Å². The van der Waals surface area contributed by atoms with Crippen molar-refractivity contribution in [2.75, 3.05) is 0 Å². The average Bonchev–Trinajstić information content (AvgIpc) is 3.02. The topological polar surface area (TPSA) is 58.6 Å². The van der Waals surface area contributed by atoms with E-state index in [0.29, 0.717) is 0 Å². The van der Waals surface area contributed by atoms with Crippen LogP contribution in [-0.2, 0) is 5.41 Å². The van der Waals surface area contributed by atoms with Gasteiger partial charge in [-0.1, -0.05) is 19.9 Å². The van der Waals surface area contributed by atoms with E-state index >= 15 is 0 Å². The van der Waals surface area contributed by atoms with Crippen LogP contribution in [0.4, 0.5) is 8.78 Å². The van der Waals surface area contributed by atoms with Gasteiger partial charge in [0, 0.05) is 11.8 Å². The Hall–Kier alpha value is -2.89. The molecular formula is C23H21F2N3O. The fourth-order valence-corrected chi connectivity index (χ4v) is 5.70. The van der Waals surface area contributed by atoms with Crippen molar-refractivity contribution in [2.45, 2.75) is 44.9 Å². The summed E-state index contributed by atoms with van der Waals surface area (Å²) in [7, 11) is 0. The highest BCUT2D eigenvalue weighted by Gasteiger charge is 2.64. The zero-order chi connectivity index (χ0) is 20.6. The van der Waals surface area contributed by atoms with E-state index in [9.17, 15) is 13.6 Å². The van der Waals surface area contributed by atoms with Gasteiger partial charge in [0.25, 0.3) is 0 Å². The lowest BCUT2D eigenvalue weighted by Gasteiger charge is -2.38. The maximum Gasteiger partial charge on any atom is 0.248 e. The van der Waals surface area contributed by atoms with Crippen LogP contribution >= 0.6 is 0 Å². The van der Waals surface area contributed by atoms with E-state index < -0.39 is 17.0 Å². The number of hydrogen-bond acceptors (Lipinski definition) is 3. The van der Waals surface area contributed by atoms with Crippen LogP contribution in [0.2, 0.25) is 0 Å². The first-order valence-corrected chi connectivity index (χ1v) is 9.79. The molecule has 4 nitrogen and oxygen atoms in total. The van der Waals surface area contributed by atoms with Crippen LogP contribution in [0.15, 0.2) is 41.2 Å². The minimum atomic E-state index is -0.653. The molecule has 5 rings (SSSR count). The summed E-state index contributed by atoms with van der Waals surface area (Å²) in [5, 5.41) is 8.72. The van der Waals surface area contributed by atoms with Crippen molar-refractivity contribution in [1.82, 2.24) is 15.2 Å². The number of benzene rings is 1. The molecule has 2 bridgehead atoms. The molecule has 0 aliphatic heterocycles. The van der Waals surface area contributed by atoms with Gasteiger partial charge in [0.2, 0.25) is 5.56 Å². The number of pyridine rings is 1. The van der Waals surface area contributed by atoms with Gasteiger partial charge in [-0.05, 0) is 66.5 Å². The first-order valence-electron chi connectivity index (χ1n) is 9.79. The van der Waals surface area contributed by atoms with E-state index in [0.717, 1.165) is 35.4 Å². The third-order valence-electron chi connectivity index (χ3n) is 7.05. The molecule has 0 amide bonds. The van der Waals surface area contributed by atoms with Crippen LogP contribution in [0.25, 0.3) is 11.3 Å². The number of fused-ring (bicyclic) bond motifs is 5. The molecule has 29 heavy (non-hydrogen) atoms. The smallest absolute Gasteiger partial charge is 0.248 e. The first-order chi connectivity index (χ1) is 13.8. The van der Waals surface area contributed by atoms with Gasteiger partial charge in [0.1, 0.15) is 11.6 Å². The predicted molar refractivity (Wildman–Crippen MR) is 106 cm³/mol. The van der Waals surface area contributed by atoms with Gasteiger partial charge in [-0.2, -0.15) is 5.10 Å². The van der Waals surface area contributed by atoms with Crippen molar-refractivity contribution in [2.24, 2.45) is 5.41 Å². The fourth-order valence-electron chi connectivity index (χ4n) is 5.70. The zero-order valence-corrected chi connectivity index (χ0v) is 16.5. The van der Waals surface area contributed by atoms with Gasteiger partial charge < -0.3 is 4.98 Å². The molecule has 0 spiro atoms. The van der Waals surface area contributed by atoms with Crippen LogP contribution in [0.1, 0.15) is 55.1 Å². The van der Waals surface area contributed by atoms with Crippen molar-refractivity contribution in [3.8, 4) is 11.3 Å². The third-order valence-corrected chi connectivity index (χ3v) is 7.05. The highest BCUT2D eigenvalue weighted by Crippen LogP contribution is 2.69. The van der Waals surface area contributed by atoms with E-state index in [2.05, 4.69) is 29.0 Å². The van der Waals surface area contributed by atoms with Crippen LogP contribution in [0.3, 0.4) is 0 Å². The summed E-state index contributed by atoms with van der Waals surface area (Å²) in [5.41, 5.74) is 2.73. The van der Waals surface area contributed by atoms with Crippen LogP contribution in [0, 0.1) is 24.0 Å². The highest BCUT2D eigenvalue weighted by atomic mass is 19.1. The fraction of sp³-hybridized carbons (Fsp3) is 0.348. The molecule has 2 atom stereocenters. The van der Waals surface area contributed by atoms with Crippen LogP contribution in [-0.4, -0.2) is 15.2 Å². The summed E-state index contributed by atoms with van der Waals surface area (Å²) in [6.07, 6.45) is 1.76. The second-order valence-electron chi connectivity index (χ2n) is 8.78. The number of nitrogens with zero attached hydrogens (tertiary/aromatic N) is 2. The second-order valence-corrected chi connectivity index (χ2v) is 8.78. The molecular weight excluding hydrogens is 372 g/mol. The number of nitrogens with one attached hydrogen (secondary N) is 1. The lowest BCUT2D eigenvalue weighted by atomic mass is 9.66. The Morgan fingerprint density at radius 1 is 1.10 bits per heavy atom. The molecule has 2 aromatic heterocycles. The SMILES string of the molecule is Cc1cc([C@@]23CC[C@@H](c4cc(-c5c(F)cccc5F)nnc42)C3(C)C)[nH]c(=O)c1. The zero-order valence-electron chi connectivity index (χ0n) is 16.5. The Balaban J connectivity index is 1.76. The quantitative estimate of drug-likeness (QED) is 0.691. The second kappa shape index (κ2) is 5.81. The Bertz CT molecular complexity index is 1200. The van der Waals surface area contributed by atoms with Crippen molar-refractivity contribution in [1.29, 1.82) is 0 Å². The van der Waals surface area contributed by atoms with Crippen molar-refractivity contribution in [3.05, 3.63) is 80.9 Å². The number of H-pyrrole nitrogens is 1. The molecule has 2 aliphatic carbocycles. The monoisotopic (exact) mass is 393 g/mol. The Labute approximate surface area is 167 Å². The maximum absolute atomic E-state index is 14.3. The minimum absolute atomic E-state index is 0.139. The van der Waals surface area contributed by atoms with Gasteiger partial charge in [-0.25, -0.2) is 8.78 Å². The third kappa shape index (κ3) is 2.26. The predicted octanol–water partition coefficient (Wildman–Crippen LogP) is 4.62. The van der Waals surface area contributed by atoms with Gasteiger partial charge >= 0.3 is 0 Å². The Morgan fingerprint density at radius 3 is 2.52 bits per heavy atom. The lowest BCUT2D eigenvalue weighted by Crippen LogP contribution is -2.39. The largest absolute Gasteiger partial charge is 0.325 e. The molecule has 3 aromatic rings. The van der Waals surface area contributed by atoms with Gasteiger partial charge in [0.15, 0.2) is 0 Å². The van der Waals surface area contributed by atoms with E-state index in [1.54, 1.807) is 12.1 Å². The average molecular weight is 393 g/mol. The van der Waals surface area contributed by atoms with Crippen LogP contribution < -0.4 is 5.56 Å². The molecule has 1 aromatic carbocycles. The number of hydrogen-bond donors (Lipinski definition) is 1. The molecule has 1 saturated carbocycles. The van der Waals surface area contributed by atoms with Gasteiger partial charge in [-0.3, -0.25) is 4.79 Å². The number of rotatable bonds is 2. The summed E-state index contributed by atoms with van der Waals surface area (Å²) >= 11 is 0. The number of aromatic amines is 1. The van der Waals surface area contributed by atoms with E-state index in [1.807, 2.05) is 13.0 Å². The molecule has 2 aliphatic rings. The van der Waals surface area contributed by atoms with Gasteiger partial charge in [-0.15, -0.1) is 5.10 Å². The summed E-state index contributed by atoms with van der Waals surface area (Å²) in [4.78, 5) is 15.2. The van der Waals surface area contributed by atoms with Crippen LogP contribution in [0.5, 0.6) is 0 Å². The molecule has 1 fully saturated rings. The molecule has 0 unspecified atom stereocenters. The molecule has 148 valence electrons. The highest BCUT2D eigenvalue weighted by molar-refractivity contribution is 5.64. The Morgan fingerprint density at radius 2 is 1.83 bits per heavy atom. The number of aromatic nitrogens is 3. The lowest BCUT2D eigenvalue weighted by molar-refractivity contribution is 0.242. The first kappa shape index (κ1) is 18.2. The minimum Gasteiger partial charge on any atom is -0.325 e. The summed E-state index contributed by atoms with van der Waals surface area (Å²) < 4.78 is 28.6. The molecule has 0 saturated heterocycles. The summed E-state index contributed by atoms with van der Waals surface area (Å²) in [5.74, 6) is -1.13. The number of aryl methyl sites for hydroxylation is 1. The molecule has 1 N–H and O–H groups in total. The standard InChI is InChI=1S/C23H21F2N3O/c1-12-9-18(26-19(29)10-12)23-8-7-14(22(23,2)3)13-11-17(27-28-21(13)23)20-15(24)5-4-6-16(20)25/h4-6,9-11,14H,7-8H2,1-3H3,(H,26,29)/t14-,23-/m0/s1. The van der Waals surface area contributed by atoms with Crippen molar-refractivity contribution >= 4 is 0 Å². The Kier molecular flexibility index (Phi) is 3.64. The molecule has 2 heterocycles. The molecule has 6 heteroatoms. The van der Waals surface area contributed by atoms with Crippen molar-refractivity contribution < 1.29 is 8.78 Å². The maximum atomic E-state index is 14.3. The summed E-state index contributed by atoms with van der Waals surface area (Å²) in [6, 6.07) is 9.15. The normalized spacial score (nSPS) is 24.0. The van der Waals surface area contributed by atoms with E-state index in [4.69, 9.17) is 0 Å².